The maximum Gasteiger partial charge on any atom is 0.386 e. The van der Waals surface area contributed by atoms with Gasteiger partial charge in [-0.2, -0.15) is 13.9 Å². The molecule has 0 amide bonds. The van der Waals surface area contributed by atoms with Gasteiger partial charge in [0.25, 0.3) is 5.78 Å². The molecular formula is C6H4BrClF2N2O. The van der Waals surface area contributed by atoms with Crippen molar-refractivity contribution in [1.82, 2.24) is 9.78 Å². The van der Waals surface area contributed by atoms with Gasteiger partial charge in [-0.25, -0.2) is 0 Å². The van der Waals surface area contributed by atoms with Crippen LogP contribution in [-0.2, 0) is 7.05 Å². The minimum Gasteiger partial charge on any atom is -0.284 e. The second kappa shape index (κ2) is 3.34. The van der Waals surface area contributed by atoms with Gasteiger partial charge in [0.1, 0.15) is 5.69 Å². The lowest BCUT2D eigenvalue weighted by molar-refractivity contribution is 0.0524. The molecule has 13 heavy (non-hydrogen) atoms. The summed E-state index contributed by atoms with van der Waals surface area (Å²) < 4.78 is 26.0. The quantitative estimate of drug-likeness (QED) is 0.611. The molecule has 0 aliphatic heterocycles. The number of halogens is 4. The molecule has 0 saturated heterocycles. The SMILES string of the molecule is Cn1ncc(Br)c1C(=O)C(F)(F)Cl. The summed E-state index contributed by atoms with van der Waals surface area (Å²) in [7, 11) is 1.38. The van der Waals surface area contributed by atoms with E-state index in [1.165, 1.54) is 13.2 Å². The summed E-state index contributed by atoms with van der Waals surface area (Å²) in [6.07, 6.45) is 1.25. The number of hydrogen-bond acceptors (Lipinski definition) is 2. The molecule has 0 aromatic carbocycles. The molecule has 0 bridgehead atoms. The largest absolute Gasteiger partial charge is 0.386 e. The molecule has 7 heteroatoms. The summed E-state index contributed by atoms with van der Waals surface area (Å²) in [6.45, 7) is 0. The number of aryl methyl sites for hydroxylation is 1. The zero-order valence-electron chi connectivity index (χ0n) is 6.39. The Morgan fingerprint density at radius 1 is 1.77 bits per heavy atom. The van der Waals surface area contributed by atoms with Crippen LogP contribution in [0.25, 0.3) is 0 Å². The van der Waals surface area contributed by atoms with Gasteiger partial charge in [-0.3, -0.25) is 9.48 Å². The van der Waals surface area contributed by atoms with Crippen LogP contribution in [0.3, 0.4) is 0 Å². The maximum atomic E-state index is 12.4. The van der Waals surface area contributed by atoms with Gasteiger partial charge in [-0.15, -0.1) is 0 Å². The number of carbonyl (C=O) groups excluding carboxylic acids is 1. The summed E-state index contributed by atoms with van der Waals surface area (Å²) >= 11 is 7.49. The first-order valence-electron chi connectivity index (χ1n) is 3.13. The molecular weight excluding hydrogens is 269 g/mol. The monoisotopic (exact) mass is 272 g/mol. The number of Topliss-reactive ketones (excluding diaryl/α,β-unsaturated/α-hetero) is 1. The van der Waals surface area contributed by atoms with E-state index in [2.05, 4.69) is 32.6 Å². The van der Waals surface area contributed by atoms with E-state index in [9.17, 15) is 13.6 Å². The van der Waals surface area contributed by atoms with Crippen molar-refractivity contribution >= 4 is 33.3 Å². The van der Waals surface area contributed by atoms with Crippen molar-refractivity contribution in [2.75, 3.05) is 0 Å². The lowest BCUT2D eigenvalue weighted by Crippen LogP contribution is -2.24. The van der Waals surface area contributed by atoms with Crippen LogP contribution in [0.15, 0.2) is 10.7 Å². The minimum absolute atomic E-state index is 0.195. The molecule has 1 heterocycles. The Hall–Kier alpha value is -0.490. The smallest absolute Gasteiger partial charge is 0.284 e. The Morgan fingerprint density at radius 3 is 2.62 bits per heavy atom. The lowest BCUT2D eigenvalue weighted by Gasteiger charge is -2.06. The van der Waals surface area contributed by atoms with Crippen molar-refractivity contribution in [1.29, 1.82) is 0 Å². The average Bonchev–Trinajstić information content (AvgIpc) is 2.28. The predicted octanol–water partition coefficient (Wildman–Crippen LogP) is 2.20. The normalized spacial score (nSPS) is 11.8. The summed E-state index contributed by atoms with van der Waals surface area (Å²) in [6, 6.07) is 0. The van der Waals surface area contributed by atoms with Crippen molar-refractivity contribution in [2.45, 2.75) is 5.38 Å². The van der Waals surface area contributed by atoms with Crippen molar-refractivity contribution in [3.8, 4) is 0 Å². The Balaban J connectivity index is 3.16. The number of hydrogen-bond donors (Lipinski definition) is 0. The van der Waals surface area contributed by atoms with Gasteiger partial charge in [0.2, 0.25) is 0 Å². The molecule has 0 aliphatic carbocycles. The van der Waals surface area contributed by atoms with Gasteiger partial charge in [0.05, 0.1) is 10.7 Å². The summed E-state index contributed by atoms with van der Waals surface area (Å²) in [5.41, 5.74) is -0.250. The van der Waals surface area contributed by atoms with Gasteiger partial charge in [-0.05, 0) is 27.5 Å². The number of aromatic nitrogens is 2. The second-order valence-corrected chi connectivity index (χ2v) is 3.62. The van der Waals surface area contributed by atoms with E-state index in [4.69, 9.17) is 0 Å². The van der Waals surface area contributed by atoms with Crippen molar-refractivity contribution in [3.63, 3.8) is 0 Å². The molecule has 0 radical (unpaired) electrons. The van der Waals surface area contributed by atoms with Gasteiger partial charge in [-0.1, -0.05) is 0 Å². The Bertz CT molecular complexity index is 327. The molecule has 0 atom stereocenters. The molecule has 0 unspecified atom stereocenters. The van der Waals surface area contributed by atoms with Crippen LogP contribution in [0.4, 0.5) is 8.78 Å². The Kier molecular flexibility index (Phi) is 2.72. The van der Waals surface area contributed by atoms with E-state index < -0.39 is 11.2 Å². The molecule has 0 aliphatic rings. The maximum absolute atomic E-state index is 12.4. The minimum atomic E-state index is -3.89. The number of alkyl halides is 3. The van der Waals surface area contributed by atoms with Crippen molar-refractivity contribution in [2.24, 2.45) is 7.05 Å². The van der Waals surface area contributed by atoms with Crippen LogP contribution in [0, 0.1) is 0 Å². The van der Waals surface area contributed by atoms with E-state index in [-0.39, 0.29) is 10.2 Å². The van der Waals surface area contributed by atoms with E-state index in [1.807, 2.05) is 0 Å². The van der Waals surface area contributed by atoms with Crippen LogP contribution < -0.4 is 0 Å². The highest BCUT2D eigenvalue weighted by Crippen LogP contribution is 2.27. The first kappa shape index (κ1) is 10.6. The molecule has 0 N–H and O–H groups in total. The third-order valence-corrected chi connectivity index (χ3v) is 2.12. The highest BCUT2D eigenvalue weighted by Gasteiger charge is 2.39. The fourth-order valence-electron chi connectivity index (χ4n) is 0.800. The Labute approximate surface area is 85.8 Å². The molecule has 1 rings (SSSR count). The van der Waals surface area contributed by atoms with Crippen LogP contribution >= 0.6 is 27.5 Å². The molecule has 72 valence electrons. The summed E-state index contributed by atoms with van der Waals surface area (Å²) in [5.74, 6) is -1.47. The first-order valence-corrected chi connectivity index (χ1v) is 4.30. The number of carbonyl (C=O) groups is 1. The highest BCUT2D eigenvalue weighted by atomic mass is 79.9. The second-order valence-electron chi connectivity index (χ2n) is 2.29. The van der Waals surface area contributed by atoms with Gasteiger partial charge >= 0.3 is 5.38 Å². The third kappa shape index (κ3) is 2.05. The standard InChI is InChI=1S/C6H4BrClF2N2O/c1-12-4(3(7)2-11-12)5(13)6(8,9)10/h2H,1H3. The molecule has 0 spiro atoms. The molecule has 0 fully saturated rings. The molecule has 3 nitrogen and oxygen atoms in total. The number of nitrogens with zero attached hydrogens (tertiary/aromatic N) is 2. The van der Waals surface area contributed by atoms with Crippen molar-refractivity contribution < 1.29 is 13.6 Å². The van der Waals surface area contributed by atoms with E-state index in [0.29, 0.717) is 0 Å². The van der Waals surface area contributed by atoms with E-state index in [1.54, 1.807) is 0 Å². The Morgan fingerprint density at radius 2 is 2.31 bits per heavy atom. The number of ketones is 1. The van der Waals surface area contributed by atoms with Gasteiger partial charge in [0, 0.05) is 7.05 Å². The van der Waals surface area contributed by atoms with Crippen LogP contribution in [-0.4, -0.2) is 20.9 Å². The fraction of sp³-hybridized carbons (Fsp3) is 0.333. The topological polar surface area (TPSA) is 34.9 Å². The van der Waals surface area contributed by atoms with Crippen LogP contribution in [0.1, 0.15) is 10.5 Å². The summed E-state index contributed by atoms with van der Waals surface area (Å²) in [5, 5.41) is -0.285. The van der Waals surface area contributed by atoms with E-state index >= 15 is 0 Å². The van der Waals surface area contributed by atoms with Gasteiger partial charge in [0.15, 0.2) is 0 Å². The average molecular weight is 273 g/mol. The zero-order chi connectivity index (χ0) is 10.2. The predicted molar refractivity (Wildman–Crippen MR) is 46.0 cm³/mol. The van der Waals surface area contributed by atoms with Crippen LogP contribution in [0.5, 0.6) is 0 Å². The summed E-state index contributed by atoms with van der Waals surface area (Å²) in [4.78, 5) is 11.0. The third-order valence-electron chi connectivity index (χ3n) is 1.37. The molecule has 1 aromatic rings. The lowest BCUT2D eigenvalue weighted by atomic mass is 10.3. The van der Waals surface area contributed by atoms with Crippen LogP contribution in [0.2, 0.25) is 0 Å². The van der Waals surface area contributed by atoms with E-state index in [0.717, 1.165) is 4.68 Å². The fourth-order valence-corrected chi connectivity index (χ4v) is 1.42. The molecule has 1 aromatic heterocycles. The molecule has 0 saturated carbocycles. The highest BCUT2D eigenvalue weighted by molar-refractivity contribution is 9.10. The first-order chi connectivity index (χ1) is 5.84. The zero-order valence-corrected chi connectivity index (χ0v) is 8.73. The number of rotatable bonds is 2. The van der Waals surface area contributed by atoms with Gasteiger partial charge < -0.3 is 0 Å². The van der Waals surface area contributed by atoms with Crippen molar-refractivity contribution in [3.05, 3.63) is 16.4 Å².